The molecule has 112 valence electrons. The van der Waals surface area contributed by atoms with Crippen LogP contribution in [-0.4, -0.2) is 11.0 Å². The predicted octanol–water partition coefficient (Wildman–Crippen LogP) is 3.30. The number of aromatic hydroxyl groups is 1. The van der Waals surface area contributed by atoms with Crippen molar-refractivity contribution in [2.24, 2.45) is 5.73 Å². The summed E-state index contributed by atoms with van der Waals surface area (Å²) >= 11 is 0. The van der Waals surface area contributed by atoms with Crippen molar-refractivity contribution in [2.75, 3.05) is 0 Å². The Hall–Kier alpha value is -2.55. The van der Waals surface area contributed by atoms with Crippen LogP contribution in [-0.2, 0) is 17.6 Å². The molecule has 0 aliphatic heterocycles. The Labute approximate surface area is 130 Å². The van der Waals surface area contributed by atoms with Gasteiger partial charge in [-0.2, -0.15) is 0 Å². The largest absolute Gasteiger partial charge is 0.508 e. The molecule has 1 aliphatic rings. The third-order valence-corrected chi connectivity index (χ3v) is 4.18. The number of benzene rings is 2. The lowest BCUT2D eigenvalue weighted by molar-refractivity contribution is -0.112. The zero-order valence-corrected chi connectivity index (χ0v) is 12.4. The molecule has 0 bridgehead atoms. The molecular formula is C19H19NO2. The van der Waals surface area contributed by atoms with Gasteiger partial charge in [0.15, 0.2) is 0 Å². The normalized spacial score (nSPS) is 14.5. The van der Waals surface area contributed by atoms with E-state index >= 15 is 0 Å². The average Bonchev–Trinajstić information content (AvgIpc) is 2.53. The Kier molecular flexibility index (Phi) is 3.96. The lowest BCUT2D eigenvalue weighted by atomic mass is 9.87. The lowest BCUT2D eigenvalue weighted by Gasteiger charge is -2.18. The Bertz CT molecular complexity index is 730. The van der Waals surface area contributed by atoms with Crippen molar-refractivity contribution in [3.63, 3.8) is 0 Å². The predicted molar refractivity (Wildman–Crippen MR) is 88.3 cm³/mol. The van der Waals surface area contributed by atoms with Crippen LogP contribution in [0, 0.1) is 0 Å². The van der Waals surface area contributed by atoms with Crippen LogP contribution in [0.3, 0.4) is 0 Å². The highest BCUT2D eigenvalue weighted by Gasteiger charge is 2.14. The molecule has 2 aromatic carbocycles. The van der Waals surface area contributed by atoms with Crippen molar-refractivity contribution < 1.29 is 9.90 Å². The van der Waals surface area contributed by atoms with Gasteiger partial charge in [0, 0.05) is 5.57 Å². The smallest absolute Gasteiger partial charge is 0.249 e. The molecule has 0 saturated carbocycles. The fourth-order valence-electron chi connectivity index (χ4n) is 3.04. The maximum Gasteiger partial charge on any atom is 0.249 e. The molecule has 1 aliphatic carbocycles. The van der Waals surface area contributed by atoms with Crippen LogP contribution >= 0.6 is 0 Å². The fraction of sp³-hybridized carbons (Fsp3) is 0.211. The summed E-state index contributed by atoms with van der Waals surface area (Å²) in [7, 11) is 0. The van der Waals surface area contributed by atoms with Gasteiger partial charge in [0.1, 0.15) is 5.75 Å². The number of phenolic OH excluding ortho intramolecular Hbond substituents is 1. The molecule has 0 fully saturated rings. The minimum atomic E-state index is -0.459. The number of rotatable bonds is 3. The Balaban J connectivity index is 2.07. The summed E-state index contributed by atoms with van der Waals surface area (Å²) in [6.07, 6.45) is 6.42. The summed E-state index contributed by atoms with van der Waals surface area (Å²) in [5.41, 5.74) is 10.5. The number of carbonyl (C=O) groups is 1. The number of hydrogen-bond acceptors (Lipinski definition) is 2. The van der Waals surface area contributed by atoms with E-state index < -0.39 is 5.91 Å². The van der Waals surface area contributed by atoms with E-state index in [1.54, 1.807) is 24.3 Å². The first kappa shape index (κ1) is 14.4. The number of primary amides is 1. The molecule has 3 rings (SSSR count). The molecule has 0 aromatic heterocycles. The average molecular weight is 293 g/mol. The van der Waals surface area contributed by atoms with Gasteiger partial charge in [-0.05, 0) is 66.1 Å². The zero-order valence-electron chi connectivity index (χ0n) is 12.4. The number of nitrogens with two attached hydrogens (primary N) is 1. The van der Waals surface area contributed by atoms with Crippen molar-refractivity contribution in [1.29, 1.82) is 0 Å². The number of carbonyl (C=O) groups excluding carboxylic acids is 1. The number of aryl methyl sites for hydroxylation is 1. The minimum Gasteiger partial charge on any atom is -0.508 e. The van der Waals surface area contributed by atoms with E-state index in [0.717, 1.165) is 24.0 Å². The number of fused-ring (bicyclic) bond motifs is 1. The Morgan fingerprint density at radius 3 is 2.50 bits per heavy atom. The van der Waals surface area contributed by atoms with Crippen molar-refractivity contribution in [2.45, 2.75) is 25.7 Å². The van der Waals surface area contributed by atoms with E-state index in [-0.39, 0.29) is 5.75 Å². The van der Waals surface area contributed by atoms with Crippen molar-refractivity contribution in [3.05, 3.63) is 64.7 Å². The van der Waals surface area contributed by atoms with E-state index in [2.05, 4.69) is 6.07 Å². The van der Waals surface area contributed by atoms with Crippen molar-refractivity contribution >= 4 is 17.6 Å². The summed E-state index contributed by atoms with van der Waals surface area (Å²) in [6, 6.07) is 12.8. The number of amides is 1. The SMILES string of the molecule is NC(=O)C(=Cc1cccc2c1CCCC2)c1ccc(O)cc1. The van der Waals surface area contributed by atoms with Gasteiger partial charge in [0.2, 0.25) is 5.91 Å². The number of hydrogen-bond donors (Lipinski definition) is 2. The van der Waals surface area contributed by atoms with Crippen LogP contribution in [0.25, 0.3) is 11.6 Å². The first-order valence-electron chi connectivity index (χ1n) is 7.57. The van der Waals surface area contributed by atoms with Gasteiger partial charge in [0.05, 0.1) is 0 Å². The highest BCUT2D eigenvalue weighted by atomic mass is 16.3. The topological polar surface area (TPSA) is 63.3 Å². The standard InChI is InChI=1S/C19H19NO2/c20-19(22)18(14-8-10-16(21)11-9-14)12-15-6-3-5-13-4-1-2-7-17(13)15/h3,5-6,8-12,21H,1-2,4,7H2,(H2,20,22). The van der Waals surface area contributed by atoms with Gasteiger partial charge in [-0.1, -0.05) is 30.3 Å². The molecule has 3 heteroatoms. The van der Waals surface area contributed by atoms with Crippen molar-refractivity contribution in [3.8, 4) is 5.75 Å². The Morgan fingerprint density at radius 2 is 1.77 bits per heavy atom. The zero-order chi connectivity index (χ0) is 15.5. The summed E-state index contributed by atoms with van der Waals surface area (Å²) in [4.78, 5) is 11.8. The van der Waals surface area contributed by atoms with Crippen LogP contribution in [0.15, 0.2) is 42.5 Å². The second-order valence-corrected chi connectivity index (χ2v) is 5.66. The number of phenols is 1. The third kappa shape index (κ3) is 2.89. The van der Waals surface area contributed by atoms with E-state index in [4.69, 9.17) is 5.73 Å². The molecular weight excluding hydrogens is 274 g/mol. The van der Waals surface area contributed by atoms with Gasteiger partial charge < -0.3 is 10.8 Å². The first-order valence-corrected chi connectivity index (χ1v) is 7.57. The maximum atomic E-state index is 11.8. The molecule has 0 unspecified atom stereocenters. The second kappa shape index (κ2) is 6.06. The van der Waals surface area contributed by atoms with E-state index in [1.165, 1.54) is 24.0 Å². The quantitative estimate of drug-likeness (QED) is 0.673. The minimum absolute atomic E-state index is 0.171. The summed E-state index contributed by atoms with van der Waals surface area (Å²) in [5, 5.41) is 9.39. The molecule has 3 nitrogen and oxygen atoms in total. The lowest BCUT2D eigenvalue weighted by Crippen LogP contribution is -2.13. The van der Waals surface area contributed by atoms with Gasteiger partial charge in [-0.3, -0.25) is 4.79 Å². The monoisotopic (exact) mass is 293 g/mol. The van der Waals surface area contributed by atoms with Crippen LogP contribution in [0.1, 0.15) is 35.1 Å². The first-order chi connectivity index (χ1) is 10.6. The highest BCUT2D eigenvalue weighted by Crippen LogP contribution is 2.28. The van der Waals surface area contributed by atoms with Gasteiger partial charge in [-0.25, -0.2) is 0 Å². The van der Waals surface area contributed by atoms with Gasteiger partial charge in [-0.15, -0.1) is 0 Å². The summed E-state index contributed by atoms with van der Waals surface area (Å²) in [6.45, 7) is 0. The molecule has 0 saturated heterocycles. The molecule has 0 spiro atoms. The van der Waals surface area contributed by atoms with E-state index in [0.29, 0.717) is 5.57 Å². The van der Waals surface area contributed by atoms with Crippen LogP contribution in [0.2, 0.25) is 0 Å². The van der Waals surface area contributed by atoms with Crippen LogP contribution < -0.4 is 5.73 Å². The Morgan fingerprint density at radius 1 is 1.05 bits per heavy atom. The summed E-state index contributed by atoms with van der Waals surface area (Å²) in [5.74, 6) is -0.288. The molecule has 0 atom stereocenters. The third-order valence-electron chi connectivity index (χ3n) is 4.18. The van der Waals surface area contributed by atoms with Gasteiger partial charge >= 0.3 is 0 Å². The van der Waals surface area contributed by atoms with Crippen LogP contribution in [0.5, 0.6) is 5.75 Å². The molecule has 0 radical (unpaired) electrons. The molecule has 1 amide bonds. The van der Waals surface area contributed by atoms with E-state index in [9.17, 15) is 9.90 Å². The van der Waals surface area contributed by atoms with Gasteiger partial charge in [0.25, 0.3) is 0 Å². The van der Waals surface area contributed by atoms with Crippen LogP contribution in [0.4, 0.5) is 0 Å². The maximum absolute atomic E-state index is 11.8. The molecule has 3 N–H and O–H groups in total. The second-order valence-electron chi connectivity index (χ2n) is 5.66. The molecule has 2 aromatic rings. The van der Waals surface area contributed by atoms with E-state index in [1.807, 2.05) is 18.2 Å². The molecule has 22 heavy (non-hydrogen) atoms. The van der Waals surface area contributed by atoms with Crippen molar-refractivity contribution in [1.82, 2.24) is 0 Å². The fourth-order valence-corrected chi connectivity index (χ4v) is 3.04. The highest BCUT2D eigenvalue weighted by molar-refractivity contribution is 6.23. The molecule has 0 heterocycles. The summed E-state index contributed by atoms with van der Waals surface area (Å²) < 4.78 is 0.